The Labute approximate surface area is 176 Å². The zero-order valence-corrected chi connectivity index (χ0v) is 17.1. The molecule has 1 atom stereocenters. The van der Waals surface area contributed by atoms with Gasteiger partial charge in [0.05, 0.1) is 18.7 Å². The number of nitrogens with one attached hydrogen (secondary N) is 1. The average Bonchev–Trinajstić information content (AvgIpc) is 2.83. The van der Waals surface area contributed by atoms with Crippen LogP contribution in [-0.4, -0.2) is 36.3 Å². The van der Waals surface area contributed by atoms with Crippen molar-refractivity contribution in [2.24, 2.45) is 5.92 Å². The van der Waals surface area contributed by atoms with Crippen LogP contribution in [0.25, 0.3) is 11.3 Å². The number of benzene rings is 2. The van der Waals surface area contributed by atoms with Crippen molar-refractivity contribution >= 4 is 11.7 Å². The van der Waals surface area contributed by atoms with Crippen LogP contribution in [0.1, 0.15) is 18.4 Å². The number of amides is 1. The van der Waals surface area contributed by atoms with Crippen molar-refractivity contribution in [3.8, 4) is 17.0 Å². The third-order valence-corrected chi connectivity index (χ3v) is 5.46. The number of carbonyl (C=O) groups excluding carboxylic acids is 1. The summed E-state index contributed by atoms with van der Waals surface area (Å²) in [5.74, 6) is 1.63. The molecule has 6 heteroatoms. The van der Waals surface area contributed by atoms with Crippen molar-refractivity contribution in [2.75, 3.05) is 25.1 Å². The Balaban J connectivity index is 1.40. The van der Waals surface area contributed by atoms with Crippen LogP contribution in [0.2, 0.25) is 0 Å². The minimum absolute atomic E-state index is 0.0434. The Hall–Kier alpha value is -3.41. The molecule has 1 aliphatic heterocycles. The van der Waals surface area contributed by atoms with Gasteiger partial charge in [0.25, 0.3) is 0 Å². The van der Waals surface area contributed by atoms with E-state index in [1.54, 1.807) is 7.11 Å². The fraction of sp³-hybridized carbons (Fsp3) is 0.292. The molecular formula is C24H26N4O2. The lowest BCUT2D eigenvalue weighted by Gasteiger charge is -2.32. The molecule has 0 radical (unpaired) electrons. The van der Waals surface area contributed by atoms with E-state index in [2.05, 4.69) is 20.4 Å². The number of nitrogens with zero attached hydrogens (tertiary/aromatic N) is 3. The summed E-state index contributed by atoms with van der Waals surface area (Å²) in [4.78, 5) is 14.8. The summed E-state index contributed by atoms with van der Waals surface area (Å²) in [6, 6.07) is 21.7. The normalized spacial score (nSPS) is 16.2. The fourth-order valence-corrected chi connectivity index (χ4v) is 3.82. The summed E-state index contributed by atoms with van der Waals surface area (Å²) >= 11 is 0. The molecule has 30 heavy (non-hydrogen) atoms. The van der Waals surface area contributed by atoms with Crippen molar-refractivity contribution in [2.45, 2.75) is 19.4 Å². The molecule has 2 heterocycles. The van der Waals surface area contributed by atoms with Gasteiger partial charge >= 0.3 is 0 Å². The molecule has 1 saturated heterocycles. The number of hydrogen-bond acceptors (Lipinski definition) is 5. The number of ether oxygens (including phenoxy) is 1. The third-order valence-electron chi connectivity index (χ3n) is 5.46. The quantitative estimate of drug-likeness (QED) is 0.681. The predicted octanol–water partition coefficient (Wildman–Crippen LogP) is 3.69. The van der Waals surface area contributed by atoms with E-state index in [9.17, 15) is 4.79 Å². The van der Waals surface area contributed by atoms with Crippen molar-refractivity contribution in [1.29, 1.82) is 0 Å². The van der Waals surface area contributed by atoms with Crippen LogP contribution in [0.15, 0.2) is 66.7 Å². The number of piperidine rings is 1. The Morgan fingerprint density at radius 2 is 1.87 bits per heavy atom. The molecule has 4 rings (SSSR count). The van der Waals surface area contributed by atoms with Crippen molar-refractivity contribution in [1.82, 2.24) is 15.5 Å². The SMILES string of the molecule is COc1ccccc1-c1ccc(N2CCCC(C(=O)NCc3ccccc3)C2)nn1. The summed E-state index contributed by atoms with van der Waals surface area (Å²) < 4.78 is 5.42. The van der Waals surface area contributed by atoms with Crippen LogP contribution >= 0.6 is 0 Å². The molecule has 0 aliphatic carbocycles. The molecule has 154 valence electrons. The Morgan fingerprint density at radius 1 is 1.07 bits per heavy atom. The van der Waals surface area contributed by atoms with Gasteiger partial charge in [-0.3, -0.25) is 4.79 Å². The molecular weight excluding hydrogens is 376 g/mol. The molecule has 1 aliphatic rings. The smallest absolute Gasteiger partial charge is 0.225 e. The van der Waals surface area contributed by atoms with Gasteiger partial charge in [0.1, 0.15) is 5.75 Å². The molecule has 0 bridgehead atoms. The average molecular weight is 402 g/mol. The monoisotopic (exact) mass is 402 g/mol. The van der Waals surface area contributed by atoms with Crippen LogP contribution in [0, 0.1) is 5.92 Å². The van der Waals surface area contributed by atoms with E-state index in [0.717, 1.165) is 47.8 Å². The standard InChI is InChI=1S/C24H26N4O2/c1-30-22-12-6-5-11-20(22)21-13-14-23(27-26-21)28-15-7-10-19(17-28)24(29)25-16-18-8-3-2-4-9-18/h2-6,8-9,11-14,19H,7,10,15-17H2,1H3,(H,25,29). The van der Waals surface area contributed by atoms with Crippen LogP contribution < -0.4 is 15.0 Å². The van der Waals surface area contributed by atoms with Gasteiger partial charge in [-0.25, -0.2) is 0 Å². The maximum Gasteiger partial charge on any atom is 0.225 e. The molecule has 3 aromatic rings. The predicted molar refractivity (Wildman–Crippen MR) is 117 cm³/mol. The van der Waals surface area contributed by atoms with E-state index in [1.165, 1.54) is 0 Å². The van der Waals surface area contributed by atoms with Crippen molar-refractivity contribution < 1.29 is 9.53 Å². The zero-order chi connectivity index (χ0) is 20.8. The van der Waals surface area contributed by atoms with Crippen LogP contribution in [0.3, 0.4) is 0 Å². The number of carbonyl (C=O) groups is 1. The van der Waals surface area contributed by atoms with E-state index >= 15 is 0 Å². The summed E-state index contributed by atoms with van der Waals surface area (Å²) in [6.45, 7) is 2.10. The second-order valence-corrected chi connectivity index (χ2v) is 7.47. The Kier molecular flexibility index (Phi) is 6.23. The summed E-state index contributed by atoms with van der Waals surface area (Å²) in [7, 11) is 1.65. The first-order chi connectivity index (χ1) is 14.7. The lowest BCUT2D eigenvalue weighted by atomic mass is 9.97. The third kappa shape index (κ3) is 4.59. The summed E-state index contributed by atoms with van der Waals surface area (Å²) in [5.41, 5.74) is 2.79. The molecule has 1 amide bonds. The molecule has 1 fully saturated rings. The van der Waals surface area contributed by atoms with E-state index in [1.807, 2.05) is 66.7 Å². The number of rotatable bonds is 6. The van der Waals surface area contributed by atoms with Crippen molar-refractivity contribution in [3.63, 3.8) is 0 Å². The van der Waals surface area contributed by atoms with Gasteiger partial charge in [-0.1, -0.05) is 42.5 Å². The van der Waals surface area contributed by atoms with Crippen LogP contribution in [-0.2, 0) is 11.3 Å². The minimum Gasteiger partial charge on any atom is -0.496 e. The Morgan fingerprint density at radius 3 is 2.63 bits per heavy atom. The number of aromatic nitrogens is 2. The highest BCUT2D eigenvalue weighted by atomic mass is 16.5. The lowest BCUT2D eigenvalue weighted by molar-refractivity contribution is -0.125. The Bertz CT molecular complexity index is 976. The van der Waals surface area contributed by atoms with Gasteiger partial charge < -0.3 is 15.0 Å². The van der Waals surface area contributed by atoms with Crippen LogP contribution in [0.4, 0.5) is 5.82 Å². The van der Waals surface area contributed by atoms with Crippen LogP contribution in [0.5, 0.6) is 5.75 Å². The highest BCUT2D eigenvalue weighted by molar-refractivity contribution is 5.79. The molecule has 0 saturated carbocycles. The van der Waals surface area contributed by atoms with Gasteiger partial charge in [-0.05, 0) is 42.7 Å². The van der Waals surface area contributed by atoms with Gasteiger partial charge in [0.2, 0.25) is 5.91 Å². The summed E-state index contributed by atoms with van der Waals surface area (Å²) in [5, 5.41) is 11.9. The lowest BCUT2D eigenvalue weighted by Crippen LogP contribution is -2.43. The second-order valence-electron chi connectivity index (χ2n) is 7.47. The molecule has 1 unspecified atom stereocenters. The fourth-order valence-electron chi connectivity index (χ4n) is 3.82. The number of para-hydroxylation sites is 1. The van der Waals surface area contributed by atoms with E-state index in [4.69, 9.17) is 4.74 Å². The summed E-state index contributed by atoms with van der Waals surface area (Å²) in [6.07, 6.45) is 1.85. The molecule has 2 aromatic carbocycles. The number of methoxy groups -OCH3 is 1. The molecule has 1 N–H and O–H groups in total. The van der Waals surface area contributed by atoms with Gasteiger partial charge in [0.15, 0.2) is 5.82 Å². The first kappa shape index (κ1) is 19.9. The maximum atomic E-state index is 12.7. The molecule has 1 aromatic heterocycles. The molecule has 6 nitrogen and oxygen atoms in total. The largest absolute Gasteiger partial charge is 0.496 e. The van der Waals surface area contributed by atoms with E-state index in [-0.39, 0.29) is 11.8 Å². The van der Waals surface area contributed by atoms with Gasteiger partial charge in [-0.2, -0.15) is 0 Å². The maximum absolute atomic E-state index is 12.7. The highest BCUT2D eigenvalue weighted by Gasteiger charge is 2.26. The first-order valence-electron chi connectivity index (χ1n) is 10.3. The second kappa shape index (κ2) is 9.39. The van der Waals surface area contributed by atoms with E-state index in [0.29, 0.717) is 13.1 Å². The van der Waals surface area contributed by atoms with Gasteiger partial charge in [-0.15, -0.1) is 10.2 Å². The minimum atomic E-state index is -0.0434. The first-order valence-corrected chi connectivity index (χ1v) is 10.3. The van der Waals surface area contributed by atoms with Gasteiger partial charge in [0, 0.05) is 25.2 Å². The molecule has 0 spiro atoms. The van der Waals surface area contributed by atoms with E-state index < -0.39 is 0 Å². The number of hydrogen-bond donors (Lipinski definition) is 1. The zero-order valence-electron chi connectivity index (χ0n) is 17.1. The topological polar surface area (TPSA) is 67.3 Å². The highest BCUT2D eigenvalue weighted by Crippen LogP contribution is 2.29. The number of anilines is 1. The van der Waals surface area contributed by atoms with Crippen molar-refractivity contribution in [3.05, 3.63) is 72.3 Å².